The molecule has 0 heterocycles. The molecule has 0 bridgehead atoms. The molecule has 4 heteroatoms. The predicted octanol–water partition coefficient (Wildman–Crippen LogP) is 13.3. The molecule has 0 aliphatic carbocycles. The molecule has 0 aromatic rings. The van der Waals surface area contributed by atoms with Crippen LogP contribution >= 0.6 is 0 Å². The highest BCUT2D eigenvalue weighted by Gasteiger charge is 2.14. The topological polar surface area (TPSA) is 63.6 Å². The Morgan fingerprint density at radius 3 is 1.43 bits per heavy atom. The van der Waals surface area contributed by atoms with E-state index in [1.807, 2.05) is 0 Å². The largest absolute Gasteiger partial charge is 0.481 e. The molecule has 0 fully saturated rings. The number of ether oxygens (including phenoxy) is 1. The summed E-state index contributed by atoms with van der Waals surface area (Å²) < 4.78 is 5.87. The summed E-state index contributed by atoms with van der Waals surface area (Å²) >= 11 is 0. The lowest BCUT2D eigenvalue weighted by atomic mass is 10.0. The van der Waals surface area contributed by atoms with E-state index in [1.165, 1.54) is 70.6 Å². The lowest BCUT2D eigenvalue weighted by Crippen LogP contribution is -2.18. The molecule has 0 aliphatic rings. The fraction of sp³-hybridized carbons (Fsp3) is 0.714. The van der Waals surface area contributed by atoms with Gasteiger partial charge in [0.05, 0.1) is 0 Å². The molecule has 0 saturated heterocycles. The first kappa shape index (κ1) is 43.6. The van der Waals surface area contributed by atoms with Crippen LogP contribution in [0.1, 0.15) is 187 Å². The number of unbranched alkanes of at least 4 members (excludes halogenated alkanes) is 15. The van der Waals surface area contributed by atoms with Crippen LogP contribution in [0.2, 0.25) is 0 Å². The van der Waals surface area contributed by atoms with Gasteiger partial charge < -0.3 is 9.84 Å². The van der Waals surface area contributed by atoms with Crippen LogP contribution in [0, 0.1) is 0 Å². The van der Waals surface area contributed by atoms with Crippen LogP contribution in [0.15, 0.2) is 60.8 Å². The fourth-order valence-electron chi connectivity index (χ4n) is 5.45. The summed E-state index contributed by atoms with van der Waals surface area (Å²) in [6.07, 6.45) is 50.9. The Morgan fingerprint density at radius 2 is 0.913 bits per heavy atom. The minimum atomic E-state index is -0.749. The third-order valence-corrected chi connectivity index (χ3v) is 8.25. The van der Waals surface area contributed by atoms with E-state index in [9.17, 15) is 9.59 Å². The quantitative estimate of drug-likeness (QED) is 0.0432. The van der Waals surface area contributed by atoms with Crippen LogP contribution in [0.25, 0.3) is 0 Å². The van der Waals surface area contributed by atoms with Gasteiger partial charge in [-0.05, 0) is 83.5 Å². The van der Waals surface area contributed by atoms with Crippen LogP contribution in [-0.2, 0) is 14.3 Å². The number of carboxylic acid groups (broad SMARTS) is 1. The van der Waals surface area contributed by atoms with Gasteiger partial charge >= 0.3 is 11.9 Å². The fourth-order valence-corrected chi connectivity index (χ4v) is 5.45. The number of carbonyl (C=O) groups excluding carboxylic acids is 1. The Morgan fingerprint density at radius 1 is 0.500 bits per heavy atom. The number of hydrogen-bond acceptors (Lipinski definition) is 3. The maximum atomic E-state index is 12.5. The van der Waals surface area contributed by atoms with Gasteiger partial charge in [0.15, 0.2) is 0 Å². The second-order valence-corrected chi connectivity index (χ2v) is 12.7. The third kappa shape index (κ3) is 36.1. The van der Waals surface area contributed by atoms with Crippen molar-refractivity contribution in [1.29, 1.82) is 0 Å². The van der Waals surface area contributed by atoms with Crippen molar-refractivity contribution in [2.45, 2.75) is 193 Å². The molecular formula is C42H72O4. The highest BCUT2D eigenvalue weighted by Crippen LogP contribution is 2.18. The second kappa shape index (κ2) is 37.1. The van der Waals surface area contributed by atoms with E-state index < -0.39 is 5.97 Å². The van der Waals surface area contributed by atoms with Gasteiger partial charge in [0.2, 0.25) is 0 Å². The molecule has 0 aliphatic heterocycles. The zero-order valence-corrected chi connectivity index (χ0v) is 30.1. The van der Waals surface area contributed by atoms with Gasteiger partial charge in [-0.25, -0.2) is 0 Å². The van der Waals surface area contributed by atoms with Crippen LogP contribution < -0.4 is 0 Å². The van der Waals surface area contributed by atoms with Crippen molar-refractivity contribution < 1.29 is 19.4 Å². The zero-order chi connectivity index (χ0) is 33.6. The van der Waals surface area contributed by atoms with Gasteiger partial charge in [-0.15, -0.1) is 0 Å². The number of carbonyl (C=O) groups is 2. The minimum absolute atomic E-state index is 0.0567. The minimum Gasteiger partial charge on any atom is -0.481 e. The van der Waals surface area contributed by atoms with E-state index in [0.29, 0.717) is 12.8 Å². The SMILES string of the molecule is CC/C=C\C/C=C\C/C=C\C/C=C\C/C=C\CCCCCCCC(=O)OC(CCCCCCCCCCCC)CCCCC(=O)O. The van der Waals surface area contributed by atoms with Crippen LogP contribution in [-0.4, -0.2) is 23.1 Å². The molecule has 0 radical (unpaired) electrons. The average molecular weight is 641 g/mol. The normalized spacial score (nSPS) is 12.9. The van der Waals surface area contributed by atoms with Crippen LogP contribution in [0.5, 0.6) is 0 Å². The van der Waals surface area contributed by atoms with Gasteiger partial charge in [0.1, 0.15) is 6.10 Å². The summed E-state index contributed by atoms with van der Waals surface area (Å²) in [4.78, 5) is 23.4. The monoisotopic (exact) mass is 641 g/mol. The standard InChI is InChI=1S/C42H72O4/c1-3-5-7-9-11-13-15-16-17-18-19-20-21-22-23-24-25-27-29-31-33-39-42(45)46-40(37-34-35-38-41(43)44)36-32-30-28-26-14-12-10-8-6-4-2/h5,7,11,13,16-17,19-20,22-23,40H,3-4,6,8-10,12,14-15,18,21,24-39H2,1-2H3,(H,43,44)/b7-5-,13-11-,17-16-,20-19-,23-22-. The Bertz CT molecular complexity index is 820. The molecule has 0 rings (SSSR count). The first-order valence-corrected chi connectivity index (χ1v) is 19.3. The molecular weight excluding hydrogens is 568 g/mol. The predicted molar refractivity (Wildman–Crippen MR) is 199 cm³/mol. The van der Waals surface area contributed by atoms with E-state index in [1.54, 1.807) is 0 Å². The second-order valence-electron chi connectivity index (χ2n) is 12.7. The average Bonchev–Trinajstić information content (AvgIpc) is 3.04. The molecule has 0 amide bonds. The third-order valence-electron chi connectivity index (χ3n) is 8.25. The molecule has 4 nitrogen and oxygen atoms in total. The number of allylic oxidation sites excluding steroid dienone is 10. The van der Waals surface area contributed by atoms with E-state index in [0.717, 1.165) is 83.5 Å². The van der Waals surface area contributed by atoms with Gasteiger partial charge in [-0.1, -0.05) is 152 Å². The lowest BCUT2D eigenvalue weighted by molar-refractivity contribution is -0.150. The number of aliphatic carboxylic acids is 1. The van der Waals surface area contributed by atoms with Crippen molar-refractivity contribution in [2.24, 2.45) is 0 Å². The summed E-state index contributed by atoms with van der Waals surface area (Å²) in [5, 5.41) is 8.93. The van der Waals surface area contributed by atoms with E-state index in [4.69, 9.17) is 9.84 Å². The van der Waals surface area contributed by atoms with Crippen molar-refractivity contribution in [2.75, 3.05) is 0 Å². The van der Waals surface area contributed by atoms with Crippen molar-refractivity contribution in [1.82, 2.24) is 0 Å². The summed E-state index contributed by atoms with van der Waals surface area (Å²) in [6, 6.07) is 0. The summed E-state index contributed by atoms with van der Waals surface area (Å²) in [6.45, 7) is 4.42. The van der Waals surface area contributed by atoms with Crippen molar-refractivity contribution in [3.8, 4) is 0 Å². The van der Waals surface area contributed by atoms with Crippen LogP contribution in [0.3, 0.4) is 0 Å². The number of carboxylic acids is 1. The molecule has 0 aromatic carbocycles. The molecule has 0 spiro atoms. The van der Waals surface area contributed by atoms with E-state index in [-0.39, 0.29) is 18.5 Å². The number of esters is 1. The summed E-state index contributed by atoms with van der Waals surface area (Å²) in [5.74, 6) is -0.824. The first-order chi connectivity index (χ1) is 22.6. The van der Waals surface area contributed by atoms with E-state index >= 15 is 0 Å². The van der Waals surface area contributed by atoms with Crippen molar-refractivity contribution in [3.63, 3.8) is 0 Å². The zero-order valence-electron chi connectivity index (χ0n) is 30.1. The maximum absolute atomic E-state index is 12.5. The maximum Gasteiger partial charge on any atom is 0.306 e. The van der Waals surface area contributed by atoms with Gasteiger partial charge in [-0.3, -0.25) is 9.59 Å². The Labute approximate surface area is 284 Å². The Hall–Kier alpha value is -2.36. The smallest absolute Gasteiger partial charge is 0.306 e. The van der Waals surface area contributed by atoms with Gasteiger partial charge in [0.25, 0.3) is 0 Å². The van der Waals surface area contributed by atoms with E-state index in [2.05, 4.69) is 74.6 Å². The molecule has 1 N–H and O–H groups in total. The van der Waals surface area contributed by atoms with Gasteiger partial charge in [-0.2, -0.15) is 0 Å². The first-order valence-electron chi connectivity index (χ1n) is 19.3. The molecule has 1 unspecified atom stereocenters. The van der Waals surface area contributed by atoms with Crippen molar-refractivity contribution >= 4 is 11.9 Å². The molecule has 1 atom stereocenters. The summed E-state index contributed by atoms with van der Waals surface area (Å²) in [7, 11) is 0. The van der Waals surface area contributed by atoms with Gasteiger partial charge in [0, 0.05) is 12.8 Å². The Kier molecular flexibility index (Phi) is 35.2. The number of rotatable bonds is 34. The Balaban J connectivity index is 3.91. The highest BCUT2D eigenvalue weighted by atomic mass is 16.5. The number of hydrogen-bond donors (Lipinski definition) is 1. The molecule has 0 aromatic heterocycles. The summed E-state index contributed by atoms with van der Waals surface area (Å²) in [5.41, 5.74) is 0. The molecule has 264 valence electrons. The van der Waals surface area contributed by atoms with Crippen LogP contribution in [0.4, 0.5) is 0 Å². The lowest BCUT2D eigenvalue weighted by Gasteiger charge is -2.18. The van der Waals surface area contributed by atoms with Crippen molar-refractivity contribution in [3.05, 3.63) is 60.8 Å². The molecule has 46 heavy (non-hydrogen) atoms. The highest BCUT2D eigenvalue weighted by molar-refractivity contribution is 5.69. The molecule has 0 saturated carbocycles.